The molecule has 0 aliphatic heterocycles. The Kier molecular flexibility index (Phi) is 5.54. The Morgan fingerprint density at radius 3 is 2.59 bits per heavy atom. The van der Waals surface area contributed by atoms with Crippen LogP contribution in [0.1, 0.15) is 25.0 Å². The van der Waals surface area contributed by atoms with Gasteiger partial charge < -0.3 is 9.88 Å². The lowest BCUT2D eigenvalue weighted by Gasteiger charge is -2.26. The van der Waals surface area contributed by atoms with E-state index in [-0.39, 0.29) is 17.5 Å². The Labute approximate surface area is 167 Å². The predicted octanol–water partition coefficient (Wildman–Crippen LogP) is 5.62. The number of carbonyl (C=O) groups excluding carboxylic acids is 1. The van der Waals surface area contributed by atoms with E-state index in [1.807, 2.05) is 63.2 Å². The third-order valence-corrected chi connectivity index (χ3v) is 5.35. The van der Waals surface area contributed by atoms with Gasteiger partial charge in [-0.3, -0.25) is 4.79 Å². The minimum atomic E-state index is -0.313. The van der Waals surface area contributed by atoms with Gasteiger partial charge in [0.2, 0.25) is 0 Å². The fourth-order valence-electron chi connectivity index (χ4n) is 2.83. The lowest BCUT2D eigenvalue weighted by atomic mass is 10.1. The molecule has 1 heterocycles. The second kappa shape index (κ2) is 7.87. The van der Waals surface area contributed by atoms with Crippen LogP contribution in [0.3, 0.4) is 0 Å². The Morgan fingerprint density at radius 1 is 1.26 bits per heavy atom. The van der Waals surface area contributed by atoms with Crippen molar-refractivity contribution in [1.82, 2.24) is 4.98 Å². The van der Waals surface area contributed by atoms with Gasteiger partial charge in [0, 0.05) is 11.7 Å². The van der Waals surface area contributed by atoms with Crippen LogP contribution in [0.15, 0.2) is 48.0 Å². The van der Waals surface area contributed by atoms with E-state index >= 15 is 0 Å². The number of nitrogens with zero attached hydrogens (tertiary/aromatic N) is 2. The zero-order valence-corrected chi connectivity index (χ0v) is 16.9. The molecule has 2 aromatic carbocycles. The summed E-state index contributed by atoms with van der Waals surface area (Å²) in [4.78, 5) is 17.9. The maximum Gasteiger partial charge on any atom is 0.269 e. The van der Waals surface area contributed by atoms with E-state index in [0.29, 0.717) is 3.95 Å². The number of aryl methyl sites for hydroxylation is 1. The largest absolute Gasteiger partial charge is 0.337 e. The molecular formula is C21H19N3OS2. The number of fused-ring (bicyclic) bond motifs is 1. The second-order valence-corrected chi connectivity index (χ2v) is 8.26. The number of aromatic nitrogens is 1. The topological polar surface area (TPSA) is 59.9 Å². The highest BCUT2D eigenvalue weighted by molar-refractivity contribution is 7.73. The molecule has 3 rings (SSSR count). The number of nitriles is 1. The molecule has 0 bridgehead atoms. The number of carbonyl (C=O) groups is 1. The van der Waals surface area contributed by atoms with Crippen LogP contribution in [0.25, 0.3) is 16.3 Å². The standard InChI is InChI=1S/C21H19N3OS2/c1-13(2)24(17-8-9-18-19(11-17)27-21(26)23-18)20(25)16(12-22)10-15-6-4-14(3)5-7-15/h4-11,13H,1-3H3,(H,23,26)/b16-10+. The summed E-state index contributed by atoms with van der Waals surface area (Å²) in [6.45, 7) is 5.86. The van der Waals surface area contributed by atoms with E-state index in [1.165, 1.54) is 11.3 Å². The van der Waals surface area contributed by atoms with Crippen molar-refractivity contribution in [2.45, 2.75) is 26.8 Å². The molecule has 0 aliphatic carbocycles. The molecule has 27 heavy (non-hydrogen) atoms. The van der Waals surface area contributed by atoms with Crippen molar-refractivity contribution < 1.29 is 4.79 Å². The van der Waals surface area contributed by atoms with Crippen molar-refractivity contribution in [3.63, 3.8) is 0 Å². The number of H-pyrrole nitrogens is 1. The molecule has 6 heteroatoms. The van der Waals surface area contributed by atoms with Crippen LogP contribution in [0.2, 0.25) is 0 Å². The zero-order valence-electron chi connectivity index (χ0n) is 15.3. The first-order chi connectivity index (χ1) is 12.9. The molecule has 1 N–H and O–H groups in total. The Balaban J connectivity index is 2.01. The van der Waals surface area contributed by atoms with Gasteiger partial charge in [0.15, 0.2) is 3.95 Å². The first-order valence-electron chi connectivity index (χ1n) is 8.54. The van der Waals surface area contributed by atoms with Crippen molar-refractivity contribution in [2.24, 2.45) is 0 Å². The van der Waals surface area contributed by atoms with Gasteiger partial charge in [-0.2, -0.15) is 5.26 Å². The minimum absolute atomic E-state index is 0.100. The van der Waals surface area contributed by atoms with Gasteiger partial charge >= 0.3 is 0 Å². The van der Waals surface area contributed by atoms with Gasteiger partial charge in [0.05, 0.1) is 10.2 Å². The Morgan fingerprint density at radius 2 is 1.96 bits per heavy atom. The summed E-state index contributed by atoms with van der Waals surface area (Å²) < 4.78 is 1.68. The number of hydrogen-bond donors (Lipinski definition) is 1. The predicted molar refractivity (Wildman–Crippen MR) is 114 cm³/mol. The van der Waals surface area contributed by atoms with Gasteiger partial charge in [-0.15, -0.1) is 11.3 Å². The molecule has 0 atom stereocenters. The Bertz CT molecular complexity index is 1110. The van der Waals surface area contributed by atoms with Crippen molar-refractivity contribution in [3.05, 3.63) is 63.1 Å². The van der Waals surface area contributed by atoms with E-state index in [4.69, 9.17) is 12.2 Å². The lowest BCUT2D eigenvalue weighted by molar-refractivity contribution is -0.115. The first-order valence-corrected chi connectivity index (χ1v) is 9.76. The van der Waals surface area contributed by atoms with Crippen LogP contribution in [0.4, 0.5) is 5.69 Å². The van der Waals surface area contributed by atoms with Crippen LogP contribution < -0.4 is 4.90 Å². The van der Waals surface area contributed by atoms with Crippen molar-refractivity contribution >= 4 is 51.4 Å². The molecule has 0 radical (unpaired) electrons. The second-order valence-electron chi connectivity index (χ2n) is 6.54. The van der Waals surface area contributed by atoms with E-state index in [0.717, 1.165) is 27.0 Å². The number of aromatic amines is 1. The summed E-state index contributed by atoms with van der Waals surface area (Å²) in [5.74, 6) is -0.313. The average Bonchev–Trinajstić information content (AvgIpc) is 3.00. The fraction of sp³-hybridized carbons (Fsp3) is 0.190. The third-order valence-electron chi connectivity index (χ3n) is 4.16. The van der Waals surface area contributed by atoms with Crippen molar-refractivity contribution in [3.8, 4) is 6.07 Å². The minimum Gasteiger partial charge on any atom is -0.337 e. The normalized spacial score (nSPS) is 11.6. The van der Waals surface area contributed by atoms with E-state index in [9.17, 15) is 10.1 Å². The number of anilines is 1. The van der Waals surface area contributed by atoms with Crippen molar-refractivity contribution in [1.29, 1.82) is 5.26 Å². The maximum absolute atomic E-state index is 13.1. The summed E-state index contributed by atoms with van der Waals surface area (Å²) in [7, 11) is 0. The van der Waals surface area contributed by atoms with Gasteiger partial charge in [-0.25, -0.2) is 0 Å². The van der Waals surface area contributed by atoms with E-state index in [1.54, 1.807) is 11.0 Å². The van der Waals surface area contributed by atoms with Crippen molar-refractivity contribution in [2.75, 3.05) is 4.90 Å². The van der Waals surface area contributed by atoms with Crippen LogP contribution in [0, 0.1) is 22.2 Å². The number of benzene rings is 2. The van der Waals surface area contributed by atoms with Crippen LogP contribution >= 0.6 is 23.6 Å². The molecule has 3 aromatic rings. The molecular weight excluding hydrogens is 374 g/mol. The molecule has 136 valence electrons. The van der Waals surface area contributed by atoms with Gasteiger partial charge in [0.25, 0.3) is 5.91 Å². The molecule has 0 saturated carbocycles. The summed E-state index contributed by atoms with van der Waals surface area (Å²) in [5, 5.41) is 9.58. The number of thiazole rings is 1. The van der Waals surface area contributed by atoms with Crippen LogP contribution in [0.5, 0.6) is 0 Å². The SMILES string of the molecule is Cc1ccc(/C=C(\C#N)C(=O)N(c2ccc3[nH]c(=S)sc3c2)C(C)C)cc1. The van der Waals surface area contributed by atoms with Crippen LogP contribution in [-0.4, -0.2) is 16.9 Å². The number of rotatable bonds is 4. The quantitative estimate of drug-likeness (QED) is 0.356. The number of nitrogens with one attached hydrogen (secondary N) is 1. The molecule has 0 spiro atoms. The zero-order chi connectivity index (χ0) is 19.6. The molecule has 0 fully saturated rings. The summed E-state index contributed by atoms with van der Waals surface area (Å²) in [6, 6.07) is 15.4. The van der Waals surface area contributed by atoms with Gasteiger partial charge in [-0.05, 0) is 62.8 Å². The van der Waals surface area contributed by atoms with Gasteiger partial charge in [-0.1, -0.05) is 29.8 Å². The monoisotopic (exact) mass is 393 g/mol. The van der Waals surface area contributed by atoms with E-state index < -0.39 is 0 Å². The summed E-state index contributed by atoms with van der Waals surface area (Å²) in [5.41, 5.74) is 3.75. The molecule has 0 unspecified atom stereocenters. The molecule has 0 aliphatic rings. The molecule has 4 nitrogen and oxygen atoms in total. The first kappa shape index (κ1) is 19.0. The number of amides is 1. The molecule has 1 aromatic heterocycles. The average molecular weight is 394 g/mol. The fourth-order valence-corrected chi connectivity index (χ4v) is 3.98. The van der Waals surface area contributed by atoms with E-state index in [2.05, 4.69) is 11.1 Å². The highest BCUT2D eigenvalue weighted by Gasteiger charge is 2.23. The highest BCUT2D eigenvalue weighted by Crippen LogP contribution is 2.28. The van der Waals surface area contributed by atoms with Gasteiger partial charge in [0.1, 0.15) is 11.6 Å². The number of hydrogen-bond acceptors (Lipinski definition) is 4. The summed E-state index contributed by atoms with van der Waals surface area (Å²) >= 11 is 6.66. The Hall–Kier alpha value is -2.75. The highest BCUT2D eigenvalue weighted by atomic mass is 32.1. The lowest BCUT2D eigenvalue weighted by Crippen LogP contribution is -2.37. The van der Waals surface area contributed by atoms with Crippen LogP contribution in [-0.2, 0) is 4.79 Å². The molecule has 1 amide bonds. The maximum atomic E-state index is 13.1. The summed E-state index contributed by atoms with van der Waals surface area (Å²) in [6.07, 6.45) is 1.63. The molecule has 0 saturated heterocycles. The third kappa shape index (κ3) is 4.16. The smallest absolute Gasteiger partial charge is 0.269 e.